The molecule has 0 spiro atoms. The lowest BCUT2D eigenvalue weighted by Crippen LogP contribution is -2.65. The second kappa shape index (κ2) is 9.33. The molecular formula is C24H30FN5O3. The summed E-state index contributed by atoms with van der Waals surface area (Å²) >= 11 is 0. The highest BCUT2D eigenvalue weighted by molar-refractivity contribution is 6.07. The van der Waals surface area contributed by atoms with Gasteiger partial charge in [-0.3, -0.25) is 14.4 Å². The van der Waals surface area contributed by atoms with Crippen LogP contribution >= 0.6 is 0 Å². The second-order valence-corrected chi connectivity index (χ2v) is 9.06. The van der Waals surface area contributed by atoms with Gasteiger partial charge in [0.2, 0.25) is 5.91 Å². The number of hydrogen-bond acceptors (Lipinski definition) is 4. The lowest BCUT2D eigenvalue weighted by atomic mass is 9.93. The number of benzene rings is 1. The minimum absolute atomic E-state index is 0.0291. The molecule has 0 unspecified atom stereocenters. The summed E-state index contributed by atoms with van der Waals surface area (Å²) in [5, 5.41) is 5.87. The third-order valence-electron chi connectivity index (χ3n) is 6.57. The molecule has 1 aliphatic carbocycles. The van der Waals surface area contributed by atoms with E-state index >= 15 is 0 Å². The van der Waals surface area contributed by atoms with Gasteiger partial charge in [0.15, 0.2) is 5.69 Å². The number of amides is 3. The Morgan fingerprint density at radius 3 is 2.58 bits per heavy atom. The van der Waals surface area contributed by atoms with Crippen molar-refractivity contribution in [1.29, 1.82) is 0 Å². The van der Waals surface area contributed by atoms with Crippen LogP contribution in [0, 0.1) is 5.82 Å². The van der Waals surface area contributed by atoms with Gasteiger partial charge in [-0.1, -0.05) is 31.9 Å². The molecule has 8 nitrogen and oxygen atoms in total. The van der Waals surface area contributed by atoms with Crippen molar-refractivity contribution in [2.45, 2.75) is 70.6 Å². The number of aromatic nitrogens is 2. The molecule has 1 saturated carbocycles. The molecule has 2 aromatic rings. The van der Waals surface area contributed by atoms with Crippen LogP contribution in [0.25, 0.3) is 0 Å². The van der Waals surface area contributed by atoms with Crippen molar-refractivity contribution in [2.75, 3.05) is 6.54 Å². The van der Waals surface area contributed by atoms with Gasteiger partial charge in [-0.2, -0.15) is 0 Å². The molecule has 9 heteroatoms. The van der Waals surface area contributed by atoms with Crippen molar-refractivity contribution in [3.63, 3.8) is 0 Å². The zero-order valence-electron chi connectivity index (χ0n) is 19.1. The number of imidazole rings is 1. The van der Waals surface area contributed by atoms with Crippen LogP contribution < -0.4 is 10.6 Å². The minimum atomic E-state index is -1.06. The van der Waals surface area contributed by atoms with Gasteiger partial charge >= 0.3 is 0 Å². The molecule has 0 saturated heterocycles. The Morgan fingerprint density at radius 1 is 1.21 bits per heavy atom. The van der Waals surface area contributed by atoms with Crippen LogP contribution in [-0.2, 0) is 17.9 Å². The topological polar surface area (TPSA) is 96.3 Å². The maximum absolute atomic E-state index is 13.5. The van der Waals surface area contributed by atoms with E-state index in [1.165, 1.54) is 18.5 Å². The molecule has 2 N–H and O–H groups in total. The number of nitrogens with one attached hydrogen (secondary N) is 2. The van der Waals surface area contributed by atoms with Crippen molar-refractivity contribution < 1.29 is 18.8 Å². The summed E-state index contributed by atoms with van der Waals surface area (Å²) in [7, 11) is 0. The van der Waals surface area contributed by atoms with E-state index in [1.54, 1.807) is 28.5 Å². The summed E-state index contributed by atoms with van der Waals surface area (Å²) in [4.78, 5) is 45.4. The minimum Gasteiger partial charge on any atom is -0.351 e. The number of carbonyl (C=O) groups excluding carboxylic acids is 3. The van der Waals surface area contributed by atoms with Gasteiger partial charge in [-0.15, -0.1) is 0 Å². The van der Waals surface area contributed by atoms with E-state index < -0.39 is 11.4 Å². The quantitative estimate of drug-likeness (QED) is 0.671. The van der Waals surface area contributed by atoms with Crippen molar-refractivity contribution in [1.82, 2.24) is 25.1 Å². The van der Waals surface area contributed by atoms with Crippen LogP contribution in [-0.4, -0.2) is 50.3 Å². The zero-order chi connectivity index (χ0) is 23.6. The summed E-state index contributed by atoms with van der Waals surface area (Å²) in [6.45, 7) is 4.53. The SMILES string of the molecule is CCCN1C(=O)c2c(C(=O)NCc3ccc(F)cc3)ncn2C[C@]1(C)C(=O)NC1CCCC1. The molecule has 1 fully saturated rings. The molecule has 176 valence electrons. The Hall–Kier alpha value is -3.23. The van der Waals surface area contributed by atoms with E-state index in [0.29, 0.717) is 13.0 Å². The molecule has 1 atom stereocenters. The average molecular weight is 456 g/mol. The standard InChI is InChI=1S/C24H30FN5O3/c1-3-12-30-22(32)20-19(21(31)26-13-16-8-10-17(25)11-9-16)27-15-29(20)14-24(30,2)23(33)28-18-6-4-5-7-18/h8-11,15,18H,3-7,12-14H2,1-2H3,(H,26,31)(H,28,33)/t24-/m1/s1. The number of rotatable bonds is 7. The first kappa shape index (κ1) is 22.9. The van der Waals surface area contributed by atoms with Gasteiger partial charge in [-0.25, -0.2) is 9.37 Å². The molecule has 2 heterocycles. The fourth-order valence-electron chi connectivity index (χ4n) is 4.71. The summed E-state index contributed by atoms with van der Waals surface area (Å²) in [5.41, 5.74) is -0.119. The largest absolute Gasteiger partial charge is 0.351 e. The molecule has 1 aromatic heterocycles. The van der Waals surface area contributed by atoms with E-state index in [9.17, 15) is 18.8 Å². The van der Waals surface area contributed by atoms with Gasteiger partial charge in [-0.05, 0) is 43.9 Å². The third kappa shape index (κ3) is 4.49. The van der Waals surface area contributed by atoms with Gasteiger partial charge < -0.3 is 20.1 Å². The van der Waals surface area contributed by atoms with Crippen LogP contribution in [0.1, 0.15) is 72.5 Å². The average Bonchev–Trinajstić information content (AvgIpc) is 3.46. The second-order valence-electron chi connectivity index (χ2n) is 9.06. The third-order valence-corrected chi connectivity index (χ3v) is 6.57. The first-order chi connectivity index (χ1) is 15.8. The van der Waals surface area contributed by atoms with Gasteiger partial charge in [0, 0.05) is 19.1 Å². The molecule has 0 radical (unpaired) electrons. The molecule has 3 amide bonds. The van der Waals surface area contributed by atoms with Crippen molar-refractivity contribution >= 4 is 17.7 Å². The molecule has 33 heavy (non-hydrogen) atoms. The highest BCUT2D eigenvalue weighted by Crippen LogP contribution is 2.30. The van der Waals surface area contributed by atoms with Gasteiger partial charge in [0.05, 0.1) is 12.9 Å². The molecule has 0 bridgehead atoms. The summed E-state index contributed by atoms with van der Waals surface area (Å²) in [6.07, 6.45) is 6.24. The fourth-order valence-corrected chi connectivity index (χ4v) is 4.71. The molecule has 1 aromatic carbocycles. The Morgan fingerprint density at radius 2 is 1.91 bits per heavy atom. The molecule has 1 aliphatic heterocycles. The summed E-state index contributed by atoms with van der Waals surface area (Å²) in [6, 6.07) is 5.96. The highest BCUT2D eigenvalue weighted by Gasteiger charge is 2.48. The van der Waals surface area contributed by atoms with Crippen LogP contribution in [0.5, 0.6) is 0 Å². The Balaban J connectivity index is 1.55. The number of hydrogen-bond donors (Lipinski definition) is 2. The van der Waals surface area contributed by atoms with Crippen LogP contribution in [0.3, 0.4) is 0 Å². The van der Waals surface area contributed by atoms with E-state index in [2.05, 4.69) is 15.6 Å². The van der Waals surface area contributed by atoms with Crippen LogP contribution in [0.4, 0.5) is 4.39 Å². The van der Waals surface area contributed by atoms with Crippen LogP contribution in [0.15, 0.2) is 30.6 Å². The van der Waals surface area contributed by atoms with Crippen molar-refractivity contribution in [2.24, 2.45) is 0 Å². The number of nitrogens with zero attached hydrogens (tertiary/aromatic N) is 3. The molecule has 4 rings (SSSR count). The number of fused-ring (bicyclic) bond motifs is 1. The lowest BCUT2D eigenvalue weighted by molar-refractivity contribution is -0.133. The Labute approximate surface area is 192 Å². The fraction of sp³-hybridized carbons (Fsp3) is 0.500. The summed E-state index contributed by atoms with van der Waals surface area (Å²) < 4.78 is 14.7. The molecular weight excluding hydrogens is 425 g/mol. The predicted molar refractivity (Wildman–Crippen MR) is 120 cm³/mol. The smallest absolute Gasteiger partial charge is 0.273 e. The normalized spacial score (nSPS) is 20.6. The first-order valence-corrected chi connectivity index (χ1v) is 11.5. The zero-order valence-corrected chi connectivity index (χ0v) is 19.1. The van der Waals surface area contributed by atoms with Crippen LogP contribution in [0.2, 0.25) is 0 Å². The highest BCUT2D eigenvalue weighted by atomic mass is 19.1. The van der Waals surface area contributed by atoms with E-state index in [-0.39, 0.29) is 48.2 Å². The van der Waals surface area contributed by atoms with E-state index in [0.717, 1.165) is 31.2 Å². The van der Waals surface area contributed by atoms with Gasteiger partial charge in [0.25, 0.3) is 11.8 Å². The van der Waals surface area contributed by atoms with Crippen molar-refractivity contribution in [3.8, 4) is 0 Å². The lowest BCUT2D eigenvalue weighted by Gasteiger charge is -2.44. The van der Waals surface area contributed by atoms with Crippen molar-refractivity contribution in [3.05, 3.63) is 53.4 Å². The van der Waals surface area contributed by atoms with E-state index in [4.69, 9.17) is 0 Å². The number of halogens is 1. The molecule has 2 aliphatic rings. The van der Waals surface area contributed by atoms with E-state index in [1.807, 2.05) is 6.92 Å². The first-order valence-electron chi connectivity index (χ1n) is 11.5. The Bertz CT molecular complexity index is 1040. The summed E-state index contributed by atoms with van der Waals surface area (Å²) in [5.74, 6) is -1.39. The number of carbonyl (C=O) groups is 3. The maximum Gasteiger partial charge on any atom is 0.273 e. The predicted octanol–water partition coefficient (Wildman–Crippen LogP) is 2.64. The Kier molecular flexibility index (Phi) is 6.49. The maximum atomic E-state index is 13.5. The van der Waals surface area contributed by atoms with Gasteiger partial charge in [0.1, 0.15) is 17.1 Å². The monoisotopic (exact) mass is 455 g/mol.